The zero-order valence-corrected chi connectivity index (χ0v) is 21.9. The van der Waals surface area contributed by atoms with Crippen molar-refractivity contribution in [3.63, 3.8) is 0 Å². The molecule has 8 heteroatoms. The molecule has 0 aromatic heterocycles. The first-order valence-electron chi connectivity index (χ1n) is 12.3. The third-order valence-electron chi connectivity index (χ3n) is 6.03. The molecule has 1 N–H and O–H groups in total. The molecule has 1 fully saturated rings. The predicted octanol–water partition coefficient (Wildman–Crippen LogP) is 5.13. The zero-order chi connectivity index (χ0) is 27.2. The number of rotatable bonds is 9. The van der Waals surface area contributed by atoms with E-state index in [2.05, 4.69) is 5.32 Å². The van der Waals surface area contributed by atoms with Crippen molar-refractivity contribution in [3.05, 3.63) is 88.5 Å². The average molecular weight is 515 g/mol. The molecule has 0 spiro atoms. The summed E-state index contributed by atoms with van der Waals surface area (Å²) in [6.07, 6.45) is 1.43. The third kappa shape index (κ3) is 6.03. The number of nitrogens with one attached hydrogen (secondary N) is 1. The van der Waals surface area contributed by atoms with Gasteiger partial charge in [-0.3, -0.25) is 14.9 Å². The number of aryl methyl sites for hydroxylation is 3. The second kappa shape index (κ2) is 11.6. The highest BCUT2D eigenvalue weighted by Crippen LogP contribution is 2.30. The summed E-state index contributed by atoms with van der Waals surface area (Å²) in [7, 11) is 0. The van der Waals surface area contributed by atoms with Crippen molar-refractivity contribution in [3.8, 4) is 17.2 Å². The molecule has 196 valence electrons. The van der Waals surface area contributed by atoms with Crippen LogP contribution in [-0.4, -0.2) is 37.7 Å². The minimum atomic E-state index is -0.787. The summed E-state index contributed by atoms with van der Waals surface area (Å²) in [4.78, 5) is 39.1. The molecule has 0 unspecified atom stereocenters. The highest BCUT2D eigenvalue weighted by atomic mass is 16.5. The normalized spacial score (nSPS) is 14.5. The lowest BCUT2D eigenvalue weighted by atomic mass is 10.1. The van der Waals surface area contributed by atoms with Crippen LogP contribution >= 0.6 is 0 Å². The fourth-order valence-corrected chi connectivity index (χ4v) is 3.94. The number of ether oxygens (including phenoxy) is 3. The Morgan fingerprint density at radius 1 is 0.816 bits per heavy atom. The first kappa shape index (κ1) is 26.5. The van der Waals surface area contributed by atoms with E-state index >= 15 is 0 Å². The van der Waals surface area contributed by atoms with Gasteiger partial charge < -0.3 is 14.2 Å². The van der Waals surface area contributed by atoms with Gasteiger partial charge in [-0.25, -0.2) is 9.69 Å². The highest BCUT2D eigenvalue weighted by Gasteiger charge is 2.36. The number of carbonyl (C=O) groups is 3. The lowest BCUT2D eigenvalue weighted by Crippen LogP contribution is -2.54. The highest BCUT2D eigenvalue weighted by molar-refractivity contribution is 6.39. The fraction of sp³-hybridized carbons (Fsp3) is 0.233. The maximum absolute atomic E-state index is 13.2. The fourth-order valence-electron chi connectivity index (χ4n) is 3.94. The maximum Gasteiger partial charge on any atom is 0.335 e. The van der Waals surface area contributed by atoms with Crippen molar-refractivity contribution < 1.29 is 28.6 Å². The minimum Gasteiger partial charge on any atom is -0.490 e. The molecule has 1 aliphatic heterocycles. The molecule has 4 amide bonds. The van der Waals surface area contributed by atoms with E-state index in [1.165, 1.54) is 11.6 Å². The van der Waals surface area contributed by atoms with Gasteiger partial charge in [0.1, 0.15) is 24.5 Å². The van der Waals surface area contributed by atoms with E-state index < -0.39 is 17.8 Å². The van der Waals surface area contributed by atoms with Crippen LogP contribution in [0.25, 0.3) is 6.08 Å². The van der Waals surface area contributed by atoms with E-state index in [-0.39, 0.29) is 5.57 Å². The van der Waals surface area contributed by atoms with E-state index in [9.17, 15) is 14.4 Å². The van der Waals surface area contributed by atoms with Gasteiger partial charge in [0.15, 0.2) is 11.5 Å². The van der Waals surface area contributed by atoms with Crippen molar-refractivity contribution in [1.29, 1.82) is 0 Å². The second-order valence-corrected chi connectivity index (χ2v) is 8.88. The first-order valence-corrected chi connectivity index (χ1v) is 12.3. The minimum absolute atomic E-state index is 0.163. The largest absolute Gasteiger partial charge is 0.490 e. The Hall–Kier alpha value is -4.59. The van der Waals surface area contributed by atoms with Gasteiger partial charge in [0.25, 0.3) is 11.8 Å². The number of anilines is 1. The molecule has 38 heavy (non-hydrogen) atoms. The molecular weight excluding hydrogens is 484 g/mol. The van der Waals surface area contributed by atoms with Crippen molar-refractivity contribution in [1.82, 2.24) is 5.32 Å². The summed E-state index contributed by atoms with van der Waals surface area (Å²) < 4.78 is 17.4. The number of imide groups is 2. The number of hydrogen-bond acceptors (Lipinski definition) is 6. The number of hydrogen-bond donors (Lipinski definition) is 1. The molecule has 3 aromatic rings. The molecule has 8 nitrogen and oxygen atoms in total. The first-order chi connectivity index (χ1) is 18.3. The topological polar surface area (TPSA) is 94.2 Å². The smallest absolute Gasteiger partial charge is 0.335 e. The van der Waals surface area contributed by atoms with E-state index in [0.717, 1.165) is 21.8 Å². The quantitative estimate of drug-likeness (QED) is 0.242. The monoisotopic (exact) mass is 514 g/mol. The summed E-state index contributed by atoms with van der Waals surface area (Å²) in [5, 5.41) is 2.24. The van der Waals surface area contributed by atoms with Crippen LogP contribution in [0.15, 0.2) is 66.2 Å². The van der Waals surface area contributed by atoms with Crippen LogP contribution in [0.1, 0.15) is 29.2 Å². The van der Waals surface area contributed by atoms with Gasteiger partial charge in [-0.1, -0.05) is 24.3 Å². The van der Waals surface area contributed by atoms with Gasteiger partial charge in [-0.05, 0) is 92.4 Å². The van der Waals surface area contributed by atoms with Crippen LogP contribution in [0.2, 0.25) is 0 Å². The van der Waals surface area contributed by atoms with Crippen molar-refractivity contribution >= 4 is 29.6 Å². The van der Waals surface area contributed by atoms with Crippen molar-refractivity contribution in [2.75, 3.05) is 24.7 Å². The number of nitrogens with zero attached hydrogens (tertiary/aromatic N) is 1. The van der Waals surface area contributed by atoms with Crippen LogP contribution in [0.5, 0.6) is 17.2 Å². The predicted molar refractivity (Wildman–Crippen MR) is 145 cm³/mol. The molecule has 0 radical (unpaired) electrons. The molecule has 4 rings (SSSR count). The molecule has 0 saturated carbocycles. The number of barbiturate groups is 1. The molecule has 3 aromatic carbocycles. The van der Waals surface area contributed by atoms with Gasteiger partial charge >= 0.3 is 6.03 Å². The summed E-state index contributed by atoms with van der Waals surface area (Å²) in [6.45, 7) is 8.82. The van der Waals surface area contributed by atoms with Crippen LogP contribution in [0, 0.1) is 20.8 Å². The summed E-state index contributed by atoms with van der Waals surface area (Å²) >= 11 is 0. The summed E-state index contributed by atoms with van der Waals surface area (Å²) in [5.41, 5.74) is 4.00. The number of urea groups is 1. The molecule has 0 bridgehead atoms. The Labute approximate surface area is 221 Å². The van der Waals surface area contributed by atoms with Gasteiger partial charge in [0, 0.05) is 0 Å². The van der Waals surface area contributed by atoms with Gasteiger partial charge in [-0.2, -0.15) is 0 Å². The molecule has 0 aliphatic carbocycles. The van der Waals surface area contributed by atoms with E-state index in [4.69, 9.17) is 14.2 Å². The van der Waals surface area contributed by atoms with E-state index in [1.54, 1.807) is 36.4 Å². The standard InChI is InChI=1S/C30H30N2O6/c1-5-36-27-18-22(10-12-26(27)38-14-13-37-24-11-9-20(3)21(4)16-24)17-25-28(33)31-30(35)32(29(25)34)23-8-6-7-19(2)15-23/h6-12,15-18H,5,13-14H2,1-4H3,(H,31,33,35)/b25-17-. The van der Waals surface area contributed by atoms with Crippen LogP contribution in [0.4, 0.5) is 10.5 Å². The molecule has 1 aliphatic rings. The Kier molecular flexibility index (Phi) is 8.11. The number of benzene rings is 3. The van der Waals surface area contributed by atoms with Gasteiger partial charge in [0.2, 0.25) is 0 Å². The van der Waals surface area contributed by atoms with E-state index in [0.29, 0.717) is 42.6 Å². The van der Waals surface area contributed by atoms with Crippen LogP contribution in [-0.2, 0) is 9.59 Å². The second-order valence-electron chi connectivity index (χ2n) is 8.88. The third-order valence-corrected chi connectivity index (χ3v) is 6.03. The Bertz CT molecular complexity index is 1410. The molecule has 0 atom stereocenters. The number of carbonyl (C=O) groups excluding carboxylic acids is 3. The van der Waals surface area contributed by atoms with Crippen molar-refractivity contribution in [2.45, 2.75) is 27.7 Å². The zero-order valence-electron chi connectivity index (χ0n) is 21.9. The van der Waals surface area contributed by atoms with Gasteiger partial charge in [0.05, 0.1) is 12.3 Å². The summed E-state index contributed by atoms with van der Waals surface area (Å²) in [6, 6.07) is 17.2. The van der Waals surface area contributed by atoms with Crippen LogP contribution in [0.3, 0.4) is 0 Å². The van der Waals surface area contributed by atoms with Gasteiger partial charge in [-0.15, -0.1) is 0 Å². The van der Waals surface area contributed by atoms with Crippen LogP contribution < -0.4 is 24.4 Å². The molecular formula is C30H30N2O6. The Morgan fingerprint density at radius 2 is 1.61 bits per heavy atom. The Balaban J connectivity index is 1.50. The average Bonchev–Trinajstić information content (AvgIpc) is 2.87. The lowest BCUT2D eigenvalue weighted by Gasteiger charge is -2.26. The number of amides is 4. The Morgan fingerprint density at radius 3 is 2.34 bits per heavy atom. The SMILES string of the molecule is CCOc1cc(/C=C2/C(=O)NC(=O)N(c3cccc(C)c3)C2=O)ccc1OCCOc1ccc(C)c(C)c1. The molecule has 1 saturated heterocycles. The summed E-state index contributed by atoms with van der Waals surface area (Å²) in [5.74, 6) is 0.283. The van der Waals surface area contributed by atoms with E-state index in [1.807, 2.05) is 52.0 Å². The molecule has 1 heterocycles. The lowest BCUT2D eigenvalue weighted by molar-refractivity contribution is -0.122. The van der Waals surface area contributed by atoms with Crippen molar-refractivity contribution in [2.24, 2.45) is 0 Å². The maximum atomic E-state index is 13.2.